The zero-order chi connectivity index (χ0) is 37.1. The normalized spacial score (nSPS) is 14.8. The SMILES string of the molecule is CC[C@H](C)[C@H](NC(=O)[C@@H](NC(=O)[C@H](NC(C)=O)C(c1ccccc1)c1ccccc1)[C@@H](C)CC)C(=O)N[C@@H](Cc1c[nH]c2ccccc12)C(=O)O. The monoisotopic (exact) mass is 695 g/mol. The second-order valence-corrected chi connectivity index (χ2v) is 13.2. The molecule has 0 aliphatic carbocycles. The molecule has 11 nitrogen and oxygen atoms in total. The predicted octanol–water partition coefficient (Wildman–Crippen LogP) is 4.68. The molecular weight excluding hydrogens is 646 g/mol. The fourth-order valence-electron chi connectivity index (χ4n) is 6.29. The lowest BCUT2D eigenvalue weighted by atomic mass is 9.84. The molecule has 4 rings (SSSR count). The van der Waals surface area contributed by atoms with Gasteiger partial charge in [0.05, 0.1) is 0 Å². The first-order chi connectivity index (χ1) is 24.4. The minimum Gasteiger partial charge on any atom is -0.480 e. The number of carboxylic acid groups (broad SMARTS) is 1. The van der Waals surface area contributed by atoms with Gasteiger partial charge in [-0.15, -0.1) is 0 Å². The standard InChI is InChI=1S/C40H49N5O6/c1-6-24(3)34(37(47)43-32(40(50)51)22-29-23-41-31-21-15-14-20-30(29)31)44-38(48)35(25(4)7-2)45-39(49)36(42-26(5)46)33(27-16-10-8-11-17-27)28-18-12-9-13-19-28/h8-21,23-25,32-36,41H,6-7,22H2,1-5H3,(H,42,46)(H,43,47)(H,44,48)(H,45,49)(H,50,51)/t24-,25-,32-,34-,35-,36+/m0/s1. The smallest absolute Gasteiger partial charge is 0.326 e. The molecule has 6 N–H and O–H groups in total. The number of rotatable bonds is 17. The fraction of sp³-hybridized carbons (Fsp3) is 0.375. The number of aliphatic carboxylic acids is 1. The Morgan fingerprint density at radius 2 is 1.12 bits per heavy atom. The molecule has 0 spiro atoms. The van der Waals surface area contributed by atoms with Crippen LogP contribution in [0, 0.1) is 11.8 Å². The summed E-state index contributed by atoms with van der Waals surface area (Å²) in [6, 6.07) is 21.8. The van der Waals surface area contributed by atoms with Crippen molar-refractivity contribution in [3.8, 4) is 0 Å². The van der Waals surface area contributed by atoms with Crippen molar-refractivity contribution in [1.29, 1.82) is 0 Å². The molecule has 0 fully saturated rings. The lowest BCUT2D eigenvalue weighted by Crippen LogP contribution is -2.61. The van der Waals surface area contributed by atoms with Gasteiger partial charge in [-0.3, -0.25) is 19.2 Å². The fourth-order valence-corrected chi connectivity index (χ4v) is 6.29. The highest BCUT2D eigenvalue weighted by atomic mass is 16.4. The Balaban J connectivity index is 1.58. The summed E-state index contributed by atoms with van der Waals surface area (Å²) in [6.45, 7) is 8.72. The highest BCUT2D eigenvalue weighted by Crippen LogP contribution is 2.29. The van der Waals surface area contributed by atoms with Crippen molar-refractivity contribution in [2.45, 2.75) is 84.0 Å². The van der Waals surface area contributed by atoms with E-state index in [0.717, 1.165) is 27.6 Å². The third kappa shape index (κ3) is 9.84. The highest BCUT2D eigenvalue weighted by molar-refractivity contribution is 5.96. The first-order valence-electron chi connectivity index (χ1n) is 17.5. The number of benzene rings is 3. The summed E-state index contributed by atoms with van der Waals surface area (Å²) >= 11 is 0. The van der Waals surface area contributed by atoms with Gasteiger partial charge in [0.25, 0.3) is 0 Å². The van der Waals surface area contributed by atoms with Gasteiger partial charge < -0.3 is 31.4 Å². The molecular formula is C40H49N5O6. The van der Waals surface area contributed by atoms with E-state index in [4.69, 9.17) is 0 Å². The van der Waals surface area contributed by atoms with Gasteiger partial charge in [0.2, 0.25) is 23.6 Å². The van der Waals surface area contributed by atoms with Crippen LogP contribution in [0.25, 0.3) is 10.9 Å². The molecule has 0 saturated heterocycles. The Hall–Kier alpha value is -5.45. The van der Waals surface area contributed by atoms with Crippen molar-refractivity contribution < 1.29 is 29.1 Å². The summed E-state index contributed by atoms with van der Waals surface area (Å²) in [5.74, 6) is -4.68. The number of hydrogen-bond donors (Lipinski definition) is 6. The largest absolute Gasteiger partial charge is 0.480 e. The molecule has 11 heteroatoms. The molecule has 0 saturated carbocycles. The Bertz CT molecular complexity index is 1750. The molecule has 0 radical (unpaired) electrons. The first kappa shape index (κ1) is 38.4. The second kappa shape index (κ2) is 18.0. The van der Waals surface area contributed by atoms with Crippen LogP contribution in [0.1, 0.15) is 70.1 Å². The molecule has 0 bridgehead atoms. The molecule has 3 aromatic carbocycles. The van der Waals surface area contributed by atoms with Crippen molar-refractivity contribution in [2.24, 2.45) is 11.8 Å². The number of carboxylic acids is 1. The van der Waals surface area contributed by atoms with E-state index in [2.05, 4.69) is 26.3 Å². The zero-order valence-electron chi connectivity index (χ0n) is 29.8. The maximum absolute atomic E-state index is 14.2. The van der Waals surface area contributed by atoms with Gasteiger partial charge in [0.15, 0.2) is 0 Å². The van der Waals surface area contributed by atoms with Crippen LogP contribution in [-0.2, 0) is 30.4 Å². The molecule has 0 aliphatic heterocycles. The Labute approximate surface area is 299 Å². The van der Waals surface area contributed by atoms with Gasteiger partial charge in [-0.05, 0) is 34.6 Å². The van der Waals surface area contributed by atoms with Crippen LogP contribution in [0.5, 0.6) is 0 Å². The minimum atomic E-state index is -1.25. The van der Waals surface area contributed by atoms with Crippen LogP contribution in [0.2, 0.25) is 0 Å². The van der Waals surface area contributed by atoms with Crippen LogP contribution in [-0.4, -0.2) is 63.9 Å². The number of hydrogen-bond acceptors (Lipinski definition) is 5. The van der Waals surface area contributed by atoms with Gasteiger partial charge in [0.1, 0.15) is 24.2 Å². The average molecular weight is 696 g/mol. The second-order valence-electron chi connectivity index (χ2n) is 13.2. The molecule has 51 heavy (non-hydrogen) atoms. The lowest BCUT2D eigenvalue weighted by molar-refractivity contribution is -0.142. The number of carbonyl (C=O) groups is 5. The Morgan fingerprint density at radius 3 is 1.61 bits per heavy atom. The van der Waals surface area contributed by atoms with Crippen molar-refractivity contribution in [1.82, 2.24) is 26.3 Å². The summed E-state index contributed by atoms with van der Waals surface area (Å²) in [6.07, 6.45) is 2.80. The maximum Gasteiger partial charge on any atom is 0.326 e. The van der Waals surface area contributed by atoms with Gasteiger partial charge in [-0.25, -0.2) is 4.79 Å². The van der Waals surface area contributed by atoms with Gasteiger partial charge in [-0.2, -0.15) is 0 Å². The minimum absolute atomic E-state index is 0.0341. The summed E-state index contributed by atoms with van der Waals surface area (Å²) in [4.78, 5) is 70.1. The molecule has 6 atom stereocenters. The van der Waals surface area contributed by atoms with Crippen LogP contribution in [0.15, 0.2) is 91.1 Å². The van der Waals surface area contributed by atoms with E-state index in [1.165, 1.54) is 6.92 Å². The van der Waals surface area contributed by atoms with Gasteiger partial charge in [-0.1, -0.05) is 119 Å². The van der Waals surface area contributed by atoms with Crippen LogP contribution < -0.4 is 21.3 Å². The van der Waals surface area contributed by atoms with Crippen molar-refractivity contribution in [3.63, 3.8) is 0 Å². The summed E-state index contributed by atoms with van der Waals surface area (Å²) in [7, 11) is 0. The van der Waals surface area contributed by atoms with E-state index in [9.17, 15) is 29.1 Å². The number of aromatic amines is 1. The van der Waals surface area contributed by atoms with E-state index in [1.807, 2.05) is 106 Å². The predicted molar refractivity (Wildman–Crippen MR) is 197 cm³/mol. The molecule has 1 heterocycles. The zero-order valence-corrected chi connectivity index (χ0v) is 29.8. The van der Waals surface area contributed by atoms with Crippen LogP contribution in [0.4, 0.5) is 0 Å². The summed E-state index contributed by atoms with van der Waals surface area (Å²) in [5.41, 5.74) is 3.19. The Kier molecular flexibility index (Phi) is 13.5. The van der Waals surface area contributed by atoms with Crippen LogP contribution in [0.3, 0.4) is 0 Å². The van der Waals surface area contributed by atoms with E-state index in [-0.39, 0.29) is 18.3 Å². The average Bonchev–Trinajstić information content (AvgIpc) is 3.54. The lowest BCUT2D eigenvalue weighted by Gasteiger charge is -2.32. The number of fused-ring (bicyclic) bond motifs is 1. The molecule has 0 aliphatic rings. The number of H-pyrrole nitrogens is 1. The van der Waals surface area contributed by atoms with Gasteiger partial charge in [0, 0.05) is 36.4 Å². The molecule has 270 valence electrons. The summed E-state index contributed by atoms with van der Waals surface area (Å²) < 4.78 is 0. The number of carbonyl (C=O) groups excluding carboxylic acids is 4. The van der Waals surface area contributed by atoms with E-state index in [0.29, 0.717) is 12.8 Å². The van der Waals surface area contributed by atoms with Gasteiger partial charge >= 0.3 is 5.97 Å². The van der Waals surface area contributed by atoms with E-state index in [1.54, 1.807) is 13.1 Å². The van der Waals surface area contributed by atoms with E-state index < -0.39 is 59.7 Å². The van der Waals surface area contributed by atoms with Crippen LogP contribution >= 0.6 is 0 Å². The van der Waals surface area contributed by atoms with E-state index >= 15 is 0 Å². The Morgan fingerprint density at radius 1 is 0.647 bits per heavy atom. The van der Waals surface area contributed by atoms with Crippen molar-refractivity contribution in [3.05, 3.63) is 108 Å². The molecule has 1 aromatic heterocycles. The third-order valence-corrected chi connectivity index (χ3v) is 9.59. The molecule has 4 amide bonds. The van der Waals surface area contributed by atoms with Crippen molar-refractivity contribution in [2.75, 3.05) is 0 Å². The molecule has 0 unspecified atom stereocenters. The molecule has 4 aromatic rings. The highest BCUT2D eigenvalue weighted by Gasteiger charge is 2.37. The summed E-state index contributed by atoms with van der Waals surface area (Å²) in [5, 5.41) is 22.2. The number of para-hydroxylation sites is 1. The topological polar surface area (TPSA) is 169 Å². The number of aromatic nitrogens is 1. The first-order valence-corrected chi connectivity index (χ1v) is 17.5. The number of nitrogens with one attached hydrogen (secondary N) is 5. The maximum atomic E-state index is 14.2. The third-order valence-electron chi connectivity index (χ3n) is 9.59. The number of amides is 4. The quantitative estimate of drug-likeness (QED) is 0.0938. The van der Waals surface area contributed by atoms with Crippen molar-refractivity contribution >= 4 is 40.5 Å².